The van der Waals surface area contributed by atoms with Gasteiger partial charge in [-0.15, -0.1) is 6.42 Å². The van der Waals surface area contributed by atoms with Crippen molar-refractivity contribution in [1.29, 1.82) is 0 Å². The SMILES string of the molecule is C#CCNC(=O)C1=C[C@@H](C2CCCC2)[C@H](CCCO)[C@@H](OCC)O1. The maximum Gasteiger partial charge on any atom is 0.286 e. The molecule has 1 saturated carbocycles. The van der Waals surface area contributed by atoms with Gasteiger partial charge in [0, 0.05) is 19.1 Å². The zero-order valence-electron chi connectivity index (χ0n) is 14.5. The Morgan fingerprint density at radius 2 is 2.25 bits per heavy atom. The highest BCUT2D eigenvalue weighted by Crippen LogP contribution is 2.43. The van der Waals surface area contributed by atoms with Gasteiger partial charge in [-0.25, -0.2) is 0 Å². The van der Waals surface area contributed by atoms with E-state index >= 15 is 0 Å². The number of carbonyl (C=O) groups is 1. The van der Waals surface area contributed by atoms with E-state index in [4.69, 9.17) is 15.9 Å². The zero-order chi connectivity index (χ0) is 17.4. The highest BCUT2D eigenvalue weighted by atomic mass is 16.7. The molecular weight excluding hydrogens is 306 g/mol. The summed E-state index contributed by atoms with van der Waals surface area (Å²) in [5.74, 6) is 3.42. The first kappa shape index (κ1) is 18.8. The highest BCUT2D eigenvalue weighted by Gasteiger charge is 2.41. The largest absolute Gasteiger partial charge is 0.459 e. The minimum atomic E-state index is -0.441. The van der Waals surface area contributed by atoms with Crippen molar-refractivity contribution in [2.75, 3.05) is 19.8 Å². The molecule has 0 unspecified atom stereocenters. The van der Waals surface area contributed by atoms with E-state index < -0.39 is 6.29 Å². The average Bonchev–Trinajstić information content (AvgIpc) is 3.12. The molecule has 0 aromatic rings. The summed E-state index contributed by atoms with van der Waals surface area (Å²) in [7, 11) is 0. The molecule has 1 heterocycles. The number of hydrogen-bond donors (Lipinski definition) is 2. The van der Waals surface area contributed by atoms with E-state index in [1.807, 2.05) is 13.0 Å². The number of amides is 1. The molecular formula is C19H29NO4. The minimum Gasteiger partial charge on any atom is -0.459 e. The molecule has 0 aromatic heterocycles. The minimum absolute atomic E-state index is 0.159. The van der Waals surface area contributed by atoms with Crippen LogP contribution in [0.2, 0.25) is 0 Å². The van der Waals surface area contributed by atoms with Crippen LogP contribution in [0.5, 0.6) is 0 Å². The van der Waals surface area contributed by atoms with Gasteiger partial charge in [0.05, 0.1) is 6.54 Å². The lowest BCUT2D eigenvalue weighted by molar-refractivity contribution is -0.175. The highest BCUT2D eigenvalue weighted by molar-refractivity contribution is 5.91. The van der Waals surface area contributed by atoms with Crippen molar-refractivity contribution in [1.82, 2.24) is 5.32 Å². The van der Waals surface area contributed by atoms with Crippen molar-refractivity contribution in [3.63, 3.8) is 0 Å². The number of aliphatic hydroxyl groups excluding tert-OH is 1. The van der Waals surface area contributed by atoms with E-state index in [1.54, 1.807) is 0 Å². The molecule has 3 atom stereocenters. The Morgan fingerprint density at radius 3 is 2.88 bits per heavy atom. The standard InChI is InChI=1S/C19H29NO4/c1-3-11-20-18(22)17-13-16(14-8-5-6-9-14)15(10-7-12-21)19(24-17)23-4-2/h1,13-16,19,21H,4-12H2,2H3,(H,20,22)/t15-,16-,19-/m0/s1. The van der Waals surface area contributed by atoms with Gasteiger partial charge in [-0.3, -0.25) is 4.79 Å². The molecule has 24 heavy (non-hydrogen) atoms. The maximum atomic E-state index is 12.3. The number of nitrogens with one attached hydrogen (secondary N) is 1. The molecule has 0 saturated heterocycles. The number of hydrogen-bond acceptors (Lipinski definition) is 4. The Morgan fingerprint density at radius 1 is 1.50 bits per heavy atom. The molecule has 2 N–H and O–H groups in total. The molecule has 2 rings (SSSR count). The van der Waals surface area contributed by atoms with Crippen LogP contribution in [0.4, 0.5) is 0 Å². The lowest BCUT2D eigenvalue weighted by atomic mass is 9.76. The third-order valence-electron chi connectivity index (χ3n) is 4.98. The quantitative estimate of drug-likeness (QED) is 0.667. The number of carbonyl (C=O) groups excluding carboxylic acids is 1. The first-order valence-electron chi connectivity index (χ1n) is 9.03. The van der Waals surface area contributed by atoms with Crippen LogP contribution in [-0.4, -0.2) is 37.1 Å². The molecule has 5 heteroatoms. The number of rotatable bonds is 8. The van der Waals surface area contributed by atoms with Gasteiger partial charge < -0.3 is 19.9 Å². The number of terminal acetylenes is 1. The van der Waals surface area contributed by atoms with Crippen LogP contribution in [0.1, 0.15) is 45.4 Å². The van der Waals surface area contributed by atoms with E-state index in [0.717, 1.165) is 6.42 Å². The van der Waals surface area contributed by atoms with Crippen LogP contribution < -0.4 is 5.32 Å². The Balaban J connectivity index is 2.22. The summed E-state index contributed by atoms with van der Waals surface area (Å²) in [6.07, 6.45) is 13.1. The van der Waals surface area contributed by atoms with Gasteiger partial charge in [-0.2, -0.15) is 0 Å². The molecule has 1 aliphatic heterocycles. The molecule has 134 valence electrons. The summed E-state index contributed by atoms with van der Waals surface area (Å²) in [4.78, 5) is 12.3. The fourth-order valence-corrected chi connectivity index (χ4v) is 3.88. The smallest absolute Gasteiger partial charge is 0.286 e. The molecule has 0 aromatic carbocycles. The van der Waals surface area contributed by atoms with Gasteiger partial charge in [-0.1, -0.05) is 18.8 Å². The Labute approximate surface area is 144 Å². The average molecular weight is 335 g/mol. The number of aliphatic hydroxyl groups is 1. The van der Waals surface area contributed by atoms with Gasteiger partial charge >= 0.3 is 0 Å². The van der Waals surface area contributed by atoms with Crippen LogP contribution in [0.15, 0.2) is 11.8 Å². The summed E-state index contributed by atoms with van der Waals surface area (Å²) in [5.41, 5.74) is 0. The fraction of sp³-hybridized carbons (Fsp3) is 0.737. The van der Waals surface area contributed by atoms with Crippen LogP contribution in [0, 0.1) is 30.1 Å². The lowest BCUT2D eigenvalue weighted by Gasteiger charge is -2.39. The van der Waals surface area contributed by atoms with Gasteiger partial charge in [0.2, 0.25) is 6.29 Å². The van der Waals surface area contributed by atoms with Crippen molar-refractivity contribution in [3.8, 4) is 12.3 Å². The second-order valence-corrected chi connectivity index (χ2v) is 6.51. The second-order valence-electron chi connectivity index (χ2n) is 6.51. The van der Waals surface area contributed by atoms with Crippen LogP contribution in [0.3, 0.4) is 0 Å². The van der Waals surface area contributed by atoms with E-state index in [-0.39, 0.29) is 30.9 Å². The maximum absolute atomic E-state index is 12.3. The summed E-state index contributed by atoms with van der Waals surface area (Å²) >= 11 is 0. The number of ether oxygens (including phenoxy) is 2. The summed E-state index contributed by atoms with van der Waals surface area (Å²) in [5, 5.41) is 11.9. The van der Waals surface area contributed by atoms with E-state index in [1.165, 1.54) is 25.7 Å². The van der Waals surface area contributed by atoms with Crippen molar-refractivity contribution in [3.05, 3.63) is 11.8 Å². The van der Waals surface area contributed by atoms with E-state index in [0.29, 0.717) is 24.7 Å². The van der Waals surface area contributed by atoms with Gasteiger partial charge in [0.15, 0.2) is 5.76 Å². The summed E-state index contributed by atoms with van der Waals surface area (Å²) < 4.78 is 11.7. The summed E-state index contributed by atoms with van der Waals surface area (Å²) in [6.45, 7) is 2.79. The molecule has 5 nitrogen and oxygen atoms in total. The van der Waals surface area contributed by atoms with Crippen molar-refractivity contribution in [2.45, 2.75) is 51.7 Å². The van der Waals surface area contributed by atoms with E-state index in [2.05, 4.69) is 11.2 Å². The van der Waals surface area contributed by atoms with Crippen LogP contribution in [-0.2, 0) is 14.3 Å². The molecule has 1 fully saturated rings. The van der Waals surface area contributed by atoms with Crippen molar-refractivity contribution < 1.29 is 19.4 Å². The predicted octanol–water partition coefficient (Wildman–Crippen LogP) is 2.21. The number of allylic oxidation sites excluding steroid dienone is 1. The van der Waals surface area contributed by atoms with Crippen LogP contribution >= 0.6 is 0 Å². The van der Waals surface area contributed by atoms with E-state index in [9.17, 15) is 9.90 Å². The second kappa shape index (κ2) is 9.71. The Hall–Kier alpha value is -1.51. The van der Waals surface area contributed by atoms with Crippen LogP contribution in [0.25, 0.3) is 0 Å². The van der Waals surface area contributed by atoms with Gasteiger partial charge in [-0.05, 0) is 50.5 Å². The Kier molecular flexibility index (Phi) is 7.61. The summed E-state index contributed by atoms with van der Waals surface area (Å²) in [6, 6.07) is 0. The third-order valence-corrected chi connectivity index (χ3v) is 4.98. The monoisotopic (exact) mass is 335 g/mol. The normalized spacial score (nSPS) is 27.2. The topological polar surface area (TPSA) is 67.8 Å². The van der Waals surface area contributed by atoms with Crippen molar-refractivity contribution >= 4 is 5.91 Å². The first-order chi connectivity index (χ1) is 11.7. The third kappa shape index (κ3) is 4.75. The molecule has 1 amide bonds. The lowest BCUT2D eigenvalue weighted by Crippen LogP contribution is -2.41. The first-order valence-corrected chi connectivity index (χ1v) is 9.03. The van der Waals surface area contributed by atoms with Gasteiger partial charge in [0.1, 0.15) is 0 Å². The molecule has 1 aliphatic carbocycles. The zero-order valence-corrected chi connectivity index (χ0v) is 14.5. The molecule has 2 aliphatic rings. The van der Waals surface area contributed by atoms with Crippen molar-refractivity contribution in [2.24, 2.45) is 17.8 Å². The van der Waals surface area contributed by atoms with Gasteiger partial charge in [0.25, 0.3) is 5.91 Å². The Bertz CT molecular complexity index is 476. The fourth-order valence-electron chi connectivity index (χ4n) is 3.88. The molecule has 0 spiro atoms. The predicted molar refractivity (Wildman–Crippen MR) is 91.7 cm³/mol. The molecule has 0 bridgehead atoms. The molecule has 0 radical (unpaired) electrons.